The topological polar surface area (TPSA) is 13.1 Å². The Labute approximate surface area is 85.0 Å². The molecule has 0 N–H and O–H groups in total. The van der Waals surface area contributed by atoms with Crippen molar-refractivity contribution in [2.45, 2.75) is 18.8 Å². The third-order valence-electron chi connectivity index (χ3n) is 2.25. The number of furan rings is 1. The van der Waals surface area contributed by atoms with Crippen molar-refractivity contribution in [1.82, 2.24) is 0 Å². The van der Waals surface area contributed by atoms with E-state index in [0.717, 1.165) is 4.67 Å². The molecule has 1 nitrogen and oxygen atoms in total. The minimum Gasteiger partial charge on any atom is -0.457 e. The summed E-state index contributed by atoms with van der Waals surface area (Å²) in [5.41, 5.74) is 1.35. The average molecular weight is 247 g/mol. The van der Waals surface area contributed by atoms with Crippen LogP contribution in [0.2, 0.25) is 0 Å². The lowest BCUT2D eigenvalue weighted by Gasteiger charge is -2.20. The summed E-state index contributed by atoms with van der Waals surface area (Å²) in [4.78, 5) is 0. The monoisotopic (exact) mass is 246 g/mol. The van der Waals surface area contributed by atoms with Crippen LogP contribution in [0.15, 0.2) is 21.4 Å². The maximum atomic E-state index is 5.23. The highest BCUT2D eigenvalue weighted by atomic mass is 79.9. The highest BCUT2D eigenvalue weighted by Gasteiger charge is 2.19. The summed E-state index contributed by atoms with van der Waals surface area (Å²) in [6, 6.07) is 2.08. The van der Waals surface area contributed by atoms with Crippen molar-refractivity contribution in [1.29, 1.82) is 0 Å². The summed E-state index contributed by atoms with van der Waals surface area (Å²) < 4.78 is 6.15. The zero-order valence-electron chi connectivity index (χ0n) is 6.75. The van der Waals surface area contributed by atoms with Crippen LogP contribution >= 0.6 is 27.7 Å². The number of thioether (sulfide) groups is 1. The molecule has 0 radical (unpaired) electrons. The Morgan fingerprint density at radius 2 is 2.50 bits per heavy atom. The second kappa shape index (κ2) is 3.88. The van der Waals surface area contributed by atoms with E-state index in [1.54, 1.807) is 6.26 Å². The van der Waals surface area contributed by atoms with Crippen molar-refractivity contribution in [2.75, 3.05) is 11.5 Å². The SMILES string of the molecule is Brc1occc1C1CCCSC1. The molecule has 1 atom stereocenters. The standard InChI is InChI=1S/C9H11BrOS/c10-9-8(3-4-11-9)7-2-1-5-12-6-7/h3-4,7H,1-2,5-6H2. The lowest BCUT2D eigenvalue weighted by molar-refractivity contribution is 0.529. The molecular weight excluding hydrogens is 236 g/mol. The predicted octanol–water partition coefficient (Wildman–Crippen LogP) is 3.65. The van der Waals surface area contributed by atoms with Gasteiger partial charge in [0.15, 0.2) is 4.67 Å². The van der Waals surface area contributed by atoms with Gasteiger partial charge in [-0.3, -0.25) is 0 Å². The van der Waals surface area contributed by atoms with Crippen LogP contribution in [0.4, 0.5) is 0 Å². The Morgan fingerprint density at radius 3 is 3.08 bits per heavy atom. The molecule has 1 saturated heterocycles. The van der Waals surface area contributed by atoms with Gasteiger partial charge in [-0.25, -0.2) is 0 Å². The first-order valence-electron chi connectivity index (χ1n) is 4.18. The van der Waals surface area contributed by atoms with Gasteiger partial charge in [0.05, 0.1) is 6.26 Å². The molecule has 1 aliphatic rings. The second-order valence-corrected chi connectivity index (χ2v) is 4.93. The maximum absolute atomic E-state index is 5.23. The zero-order valence-corrected chi connectivity index (χ0v) is 9.16. The van der Waals surface area contributed by atoms with E-state index in [1.165, 1.54) is 29.9 Å². The largest absolute Gasteiger partial charge is 0.457 e. The highest BCUT2D eigenvalue weighted by Crippen LogP contribution is 2.35. The summed E-state index contributed by atoms with van der Waals surface area (Å²) in [5.74, 6) is 3.28. The van der Waals surface area contributed by atoms with E-state index in [1.807, 2.05) is 11.8 Å². The molecule has 1 aromatic rings. The van der Waals surface area contributed by atoms with Gasteiger partial charge >= 0.3 is 0 Å². The molecule has 1 aliphatic heterocycles. The first kappa shape index (κ1) is 8.70. The lowest BCUT2D eigenvalue weighted by atomic mass is 9.99. The van der Waals surface area contributed by atoms with Crippen molar-refractivity contribution in [3.05, 3.63) is 22.6 Å². The Morgan fingerprint density at radius 1 is 1.58 bits per heavy atom. The molecule has 0 amide bonds. The van der Waals surface area contributed by atoms with Gasteiger partial charge in [0.1, 0.15) is 0 Å². The molecule has 1 unspecified atom stereocenters. The zero-order chi connectivity index (χ0) is 8.39. The van der Waals surface area contributed by atoms with E-state index in [4.69, 9.17) is 4.42 Å². The Hall–Kier alpha value is 0.110. The van der Waals surface area contributed by atoms with Crippen LogP contribution in [0, 0.1) is 0 Å². The first-order valence-corrected chi connectivity index (χ1v) is 6.13. The molecule has 3 heteroatoms. The van der Waals surface area contributed by atoms with Crippen LogP contribution in [-0.4, -0.2) is 11.5 Å². The number of hydrogen-bond acceptors (Lipinski definition) is 2. The van der Waals surface area contributed by atoms with Crippen LogP contribution in [0.1, 0.15) is 24.3 Å². The van der Waals surface area contributed by atoms with Gasteiger partial charge in [0.25, 0.3) is 0 Å². The molecule has 1 aromatic heterocycles. The van der Waals surface area contributed by atoms with Gasteiger partial charge in [-0.1, -0.05) is 0 Å². The molecule has 1 fully saturated rings. The summed E-state index contributed by atoms with van der Waals surface area (Å²) in [6.45, 7) is 0. The quantitative estimate of drug-likeness (QED) is 0.751. The number of rotatable bonds is 1. The molecule has 0 spiro atoms. The van der Waals surface area contributed by atoms with Gasteiger partial charge < -0.3 is 4.42 Å². The Kier molecular flexibility index (Phi) is 2.81. The Bertz CT molecular complexity index is 253. The lowest BCUT2D eigenvalue weighted by Crippen LogP contribution is -2.07. The van der Waals surface area contributed by atoms with Gasteiger partial charge in [-0.05, 0) is 46.5 Å². The average Bonchev–Trinajstić information content (AvgIpc) is 2.53. The van der Waals surface area contributed by atoms with Crippen LogP contribution < -0.4 is 0 Å². The molecule has 0 bridgehead atoms. The van der Waals surface area contributed by atoms with E-state index in [0.29, 0.717) is 5.92 Å². The van der Waals surface area contributed by atoms with E-state index >= 15 is 0 Å². The van der Waals surface area contributed by atoms with Crippen molar-refractivity contribution in [3.63, 3.8) is 0 Å². The molecular formula is C9H11BrOS. The fraction of sp³-hybridized carbons (Fsp3) is 0.556. The van der Waals surface area contributed by atoms with Crippen LogP contribution in [0.25, 0.3) is 0 Å². The fourth-order valence-corrected chi connectivity index (χ4v) is 3.32. The van der Waals surface area contributed by atoms with Gasteiger partial charge in [-0.2, -0.15) is 11.8 Å². The van der Waals surface area contributed by atoms with E-state index < -0.39 is 0 Å². The van der Waals surface area contributed by atoms with Crippen LogP contribution in [0.5, 0.6) is 0 Å². The minimum absolute atomic E-state index is 0.705. The molecule has 66 valence electrons. The Balaban J connectivity index is 2.13. The molecule has 0 aromatic carbocycles. The van der Waals surface area contributed by atoms with Gasteiger partial charge in [0.2, 0.25) is 0 Å². The van der Waals surface area contributed by atoms with Crippen LogP contribution in [0.3, 0.4) is 0 Å². The summed E-state index contributed by atoms with van der Waals surface area (Å²) in [7, 11) is 0. The predicted molar refractivity (Wildman–Crippen MR) is 55.7 cm³/mol. The third kappa shape index (κ3) is 1.72. The van der Waals surface area contributed by atoms with Crippen molar-refractivity contribution in [2.24, 2.45) is 0 Å². The van der Waals surface area contributed by atoms with Crippen molar-refractivity contribution in [3.8, 4) is 0 Å². The van der Waals surface area contributed by atoms with Crippen LogP contribution in [-0.2, 0) is 0 Å². The number of hydrogen-bond donors (Lipinski definition) is 0. The summed E-state index contributed by atoms with van der Waals surface area (Å²) in [6.07, 6.45) is 4.41. The summed E-state index contributed by atoms with van der Waals surface area (Å²) >= 11 is 5.47. The second-order valence-electron chi connectivity index (χ2n) is 3.06. The highest BCUT2D eigenvalue weighted by molar-refractivity contribution is 9.10. The number of halogens is 1. The first-order chi connectivity index (χ1) is 5.88. The van der Waals surface area contributed by atoms with Crippen molar-refractivity contribution < 1.29 is 4.42 Å². The van der Waals surface area contributed by atoms with Crippen molar-refractivity contribution >= 4 is 27.7 Å². The molecule has 12 heavy (non-hydrogen) atoms. The van der Waals surface area contributed by atoms with Gasteiger partial charge in [0, 0.05) is 11.3 Å². The molecule has 0 saturated carbocycles. The van der Waals surface area contributed by atoms with Gasteiger partial charge in [-0.15, -0.1) is 0 Å². The normalized spacial score (nSPS) is 24.2. The van der Waals surface area contributed by atoms with E-state index in [-0.39, 0.29) is 0 Å². The molecule has 2 heterocycles. The molecule has 2 rings (SSSR count). The third-order valence-corrected chi connectivity index (χ3v) is 4.11. The van der Waals surface area contributed by atoms with E-state index in [9.17, 15) is 0 Å². The summed E-state index contributed by atoms with van der Waals surface area (Å²) in [5, 5.41) is 0. The van der Waals surface area contributed by atoms with E-state index in [2.05, 4.69) is 22.0 Å². The molecule has 0 aliphatic carbocycles. The maximum Gasteiger partial charge on any atom is 0.172 e. The fourth-order valence-electron chi connectivity index (χ4n) is 1.58. The smallest absolute Gasteiger partial charge is 0.172 e. The minimum atomic E-state index is 0.705.